The van der Waals surface area contributed by atoms with Crippen LogP contribution in [-0.2, 0) is 4.74 Å². The molecule has 0 fully saturated rings. The molecule has 10 nitrogen and oxygen atoms in total. The van der Waals surface area contributed by atoms with Gasteiger partial charge in [0.05, 0.1) is 31.3 Å². The van der Waals surface area contributed by atoms with E-state index in [0.717, 1.165) is 6.20 Å². The molecule has 0 saturated carbocycles. The van der Waals surface area contributed by atoms with Gasteiger partial charge in [-0.15, -0.1) is 0 Å². The van der Waals surface area contributed by atoms with Crippen molar-refractivity contribution in [1.82, 2.24) is 9.97 Å². The monoisotopic (exact) mass is 386 g/mol. The first kappa shape index (κ1) is 19.0. The summed E-state index contributed by atoms with van der Waals surface area (Å²) in [6, 6.07) is 6.12. The summed E-state index contributed by atoms with van der Waals surface area (Å²) in [5, 5.41) is 14.3. The molecular weight excluding hydrogens is 368 g/mol. The number of aromatic nitrogens is 2. The molecule has 0 aliphatic carbocycles. The van der Waals surface area contributed by atoms with Crippen molar-refractivity contribution < 1.29 is 23.9 Å². The van der Waals surface area contributed by atoms with Gasteiger partial charge < -0.3 is 24.5 Å². The van der Waals surface area contributed by atoms with E-state index in [4.69, 9.17) is 14.2 Å². The number of methoxy groups -OCH3 is 2. The third-order valence-electron chi connectivity index (χ3n) is 3.99. The Bertz CT molecular complexity index is 1030. The minimum atomic E-state index is -0.548. The molecule has 0 atom stereocenters. The summed E-state index contributed by atoms with van der Waals surface area (Å²) in [6.45, 7) is 1.90. The molecule has 0 saturated heterocycles. The minimum Gasteiger partial charge on any atom is -0.497 e. The molecule has 3 rings (SSSR count). The molecule has 0 unspecified atom stereocenters. The van der Waals surface area contributed by atoms with Crippen molar-refractivity contribution in [3.05, 3.63) is 46.1 Å². The van der Waals surface area contributed by atoms with Gasteiger partial charge in [-0.3, -0.25) is 10.1 Å². The lowest BCUT2D eigenvalue weighted by molar-refractivity contribution is -0.385. The highest BCUT2D eigenvalue weighted by atomic mass is 16.6. The second kappa shape index (κ2) is 7.82. The largest absolute Gasteiger partial charge is 0.497 e. The van der Waals surface area contributed by atoms with Gasteiger partial charge in [0.25, 0.3) is 5.69 Å². The van der Waals surface area contributed by atoms with Gasteiger partial charge in [0.2, 0.25) is 0 Å². The SMILES string of the molecule is CCOC(=O)c1c(Nc2ccc([N+](=O)[O-])cn2)[nH]c2c(OC)cc(OC)cc12. The number of nitro groups is 1. The van der Waals surface area contributed by atoms with Gasteiger partial charge in [-0.1, -0.05) is 0 Å². The molecule has 2 aromatic heterocycles. The maximum atomic E-state index is 12.6. The molecule has 3 aromatic rings. The van der Waals surface area contributed by atoms with Crippen LogP contribution in [0.15, 0.2) is 30.5 Å². The third-order valence-corrected chi connectivity index (χ3v) is 3.99. The molecule has 1 aromatic carbocycles. The summed E-state index contributed by atoms with van der Waals surface area (Å²) in [4.78, 5) is 29.9. The van der Waals surface area contributed by atoms with Crippen molar-refractivity contribution in [3.8, 4) is 11.5 Å². The number of anilines is 2. The molecule has 0 spiro atoms. The molecule has 0 amide bonds. The van der Waals surface area contributed by atoms with Crippen molar-refractivity contribution in [1.29, 1.82) is 0 Å². The van der Waals surface area contributed by atoms with E-state index in [1.54, 1.807) is 19.1 Å². The Kier molecular flexibility index (Phi) is 5.30. The zero-order chi connectivity index (χ0) is 20.3. The number of aromatic amines is 1. The van der Waals surface area contributed by atoms with Crippen LogP contribution in [0.3, 0.4) is 0 Å². The molecule has 28 heavy (non-hydrogen) atoms. The Labute approximate surface area is 159 Å². The lowest BCUT2D eigenvalue weighted by atomic mass is 10.1. The van der Waals surface area contributed by atoms with Crippen LogP contribution in [0.5, 0.6) is 11.5 Å². The predicted molar refractivity (Wildman–Crippen MR) is 102 cm³/mol. The third kappa shape index (κ3) is 3.52. The number of rotatable bonds is 7. The molecule has 0 aliphatic rings. The molecular formula is C18H18N4O6. The molecule has 146 valence electrons. The summed E-state index contributed by atoms with van der Waals surface area (Å²) in [5.74, 6) is 1.07. The van der Waals surface area contributed by atoms with E-state index in [0.29, 0.717) is 34.0 Å². The number of fused-ring (bicyclic) bond motifs is 1. The highest BCUT2D eigenvalue weighted by Gasteiger charge is 2.23. The smallest absolute Gasteiger partial charge is 0.342 e. The number of nitrogens with one attached hydrogen (secondary N) is 2. The zero-order valence-corrected chi connectivity index (χ0v) is 15.4. The fourth-order valence-corrected chi connectivity index (χ4v) is 2.72. The van der Waals surface area contributed by atoms with E-state index in [1.807, 2.05) is 0 Å². The Balaban J connectivity index is 2.13. The normalized spacial score (nSPS) is 10.5. The molecule has 0 bridgehead atoms. The quantitative estimate of drug-likeness (QED) is 0.359. The van der Waals surface area contributed by atoms with Crippen LogP contribution in [0.2, 0.25) is 0 Å². The number of esters is 1. The molecule has 10 heteroatoms. The molecule has 2 N–H and O–H groups in total. The lowest BCUT2D eigenvalue weighted by Crippen LogP contribution is -2.07. The van der Waals surface area contributed by atoms with Gasteiger partial charge in [0, 0.05) is 17.5 Å². The highest BCUT2D eigenvalue weighted by Crippen LogP contribution is 2.37. The van der Waals surface area contributed by atoms with Gasteiger partial charge in [0.15, 0.2) is 0 Å². The van der Waals surface area contributed by atoms with E-state index in [9.17, 15) is 14.9 Å². The number of benzene rings is 1. The Morgan fingerprint density at radius 2 is 2.07 bits per heavy atom. The van der Waals surface area contributed by atoms with Crippen LogP contribution in [0.4, 0.5) is 17.3 Å². The number of carbonyl (C=O) groups is 1. The van der Waals surface area contributed by atoms with Crippen LogP contribution in [0, 0.1) is 10.1 Å². The average molecular weight is 386 g/mol. The second-order valence-electron chi connectivity index (χ2n) is 5.63. The summed E-state index contributed by atoms with van der Waals surface area (Å²) in [7, 11) is 3.02. The van der Waals surface area contributed by atoms with Crippen molar-refractivity contribution in [2.75, 3.05) is 26.1 Å². The first-order chi connectivity index (χ1) is 13.5. The molecule has 2 heterocycles. The minimum absolute atomic E-state index is 0.140. The topological polar surface area (TPSA) is 129 Å². The highest BCUT2D eigenvalue weighted by molar-refractivity contribution is 6.11. The van der Waals surface area contributed by atoms with Crippen LogP contribution in [0.25, 0.3) is 10.9 Å². The van der Waals surface area contributed by atoms with Gasteiger partial charge in [-0.05, 0) is 19.1 Å². The van der Waals surface area contributed by atoms with Gasteiger partial charge in [0.1, 0.15) is 34.9 Å². The van der Waals surface area contributed by atoms with E-state index < -0.39 is 10.9 Å². The predicted octanol–water partition coefficient (Wildman–Crippen LogP) is 3.41. The second-order valence-corrected chi connectivity index (χ2v) is 5.63. The molecule has 0 aliphatic heterocycles. The van der Waals surface area contributed by atoms with Crippen molar-refractivity contribution in [2.24, 2.45) is 0 Å². The number of ether oxygens (including phenoxy) is 3. The van der Waals surface area contributed by atoms with E-state index in [-0.39, 0.29) is 17.9 Å². The van der Waals surface area contributed by atoms with Crippen LogP contribution >= 0.6 is 0 Å². The number of pyridine rings is 1. The van der Waals surface area contributed by atoms with Gasteiger partial charge >= 0.3 is 5.97 Å². The summed E-state index contributed by atoms with van der Waals surface area (Å²) >= 11 is 0. The van der Waals surface area contributed by atoms with Crippen molar-refractivity contribution >= 4 is 34.2 Å². The standard InChI is InChI=1S/C18H18N4O6/c1-4-28-18(23)15-12-7-11(26-2)8-13(27-3)16(12)21-17(15)20-14-6-5-10(9-19-14)22(24)25/h5-9,21H,4H2,1-3H3,(H,19,20). The van der Waals surface area contributed by atoms with Crippen LogP contribution < -0.4 is 14.8 Å². The fourth-order valence-electron chi connectivity index (χ4n) is 2.72. The Morgan fingerprint density at radius 1 is 1.29 bits per heavy atom. The number of nitrogens with zero attached hydrogens (tertiary/aromatic N) is 2. The van der Waals surface area contributed by atoms with Crippen molar-refractivity contribution in [3.63, 3.8) is 0 Å². The fraction of sp³-hybridized carbons (Fsp3) is 0.222. The summed E-state index contributed by atoms with van der Waals surface area (Å²) < 4.78 is 15.8. The van der Waals surface area contributed by atoms with Crippen LogP contribution in [0.1, 0.15) is 17.3 Å². The van der Waals surface area contributed by atoms with Gasteiger partial charge in [-0.2, -0.15) is 0 Å². The van der Waals surface area contributed by atoms with Gasteiger partial charge in [-0.25, -0.2) is 9.78 Å². The zero-order valence-electron chi connectivity index (χ0n) is 15.4. The van der Waals surface area contributed by atoms with Crippen molar-refractivity contribution in [2.45, 2.75) is 6.92 Å². The Morgan fingerprint density at radius 3 is 2.64 bits per heavy atom. The average Bonchev–Trinajstić information content (AvgIpc) is 3.05. The van der Waals surface area contributed by atoms with E-state index >= 15 is 0 Å². The first-order valence-corrected chi connectivity index (χ1v) is 8.30. The maximum absolute atomic E-state index is 12.6. The Hall–Kier alpha value is -3.82. The van der Waals surface area contributed by atoms with Crippen LogP contribution in [-0.4, -0.2) is 41.7 Å². The number of hydrogen-bond acceptors (Lipinski definition) is 8. The van der Waals surface area contributed by atoms with E-state index in [1.165, 1.54) is 26.4 Å². The maximum Gasteiger partial charge on any atom is 0.342 e. The lowest BCUT2D eigenvalue weighted by Gasteiger charge is -2.07. The summed E-state index contributed by atoms with van der Waals surface area (Å²) in [5.41, 5.74) is 0.671. The number of carbonyl (C=O) groups excluding carboxylic acids is 1. The first-order valence-electron chi connectivity index (χ1n) is 8.30. The van der Waals surface area contributed by atoms with E-state index in [2.05, 4.69) is 15.3 Å². The summed E-state index contributed by atoms with van der Waals surface area (Å²) in [6.07, 6.45) is 1.12. The number of hydrogen-bond donors (Lipinski definition) is 2. The number of H-pyrrole nitrogens is 1. The molecule has 0 radical (unpaired) electrons.